The fourth-order valence-corrected chi connectivity index (χ4v) is 9.07. The highest BCUT2D eigenvalue weighted by Gasteiger charge is 2.25. The SMILES string of the molecule is c1ccc(-n2c3ccccc3c3cc(-c4cc5c(c6ccccc46)c4ccccc4n5-c4cc5cccc6c5c(n4)-c4ccccc4-6)ccc32)cc1. The lowest BCUT2D eigenvalue weighted by molar-refractivity contribution is 1.09. The molecule has 1 aliphatic carbocycles. The molecular weight excluding hydrogens is 631 g/mol. The number of benzene rings is 8. The number of nitrogens with zero attached hydrogens (tertiary/aromatic N) is 3. The molecule has 0 aliphatic heterocycles. The Morgan fingerprint density at radius 1 is 0.346 bits per heavy atom. The quantitative estimate of drug-likeness (QED) is 0.185. The Morgan fingerprint density at radius 2 is 1.00 bits per heavy atom. The molecular formula is C49H29N3. The van der Waals surface area contributed by atoms with Crippen molar-refractivity contribution in [1.29, 1.82) is 0 Å². The van der Waals surface area contributed by atoms with Gasteiger partial charge in [-0.15, -0.1) is 0 Å². The highest BCUT2D eigenvalue weighted by molar-refractivity contribution is 6.25. The first kappa shape index (κ1) is 27.8. The second-order valence-corrected chi connectivity index (χ2v) is 13.9. The average Bonchev–Trinajstić information content (AvgIpc) is 3.84. The smallest absolute Gasteiger partial charge is 0.138 e. The second-order valence-electron chi connectivity index (χ2n) is 13.9. The molecule has 0 unspecified atom stereocenters. The number of aromatic nitrogens is 3. The largest absolute Gasteiger partial charge is 0.309 e. The van der Waals surface area contributed by atoms with Crippen LogP contribution in [0.5, 0.6) is 0 Å². The van der Waals surface area contributed by atoms with E-state index in [-0.39, 0.29) is 0 Å². The first-order valence-electron chi connectivity index (χ1n) is 17.9. The Bertz CT molecular complexity index is 3290. The maximum Gasteiger partial charge on any atom is 0.138 e. The number of rotatable bonds is 3. The molecule has 8 aromatic carbocycles. The third-order valence-electron chi connectivity index (χ3n) is 11.2. The van der Waals surface area contributed by atoms with Gasteiger partial charge in [0.25, 0.3) is 0 Å². The van der Waals surface area contributed by atoms with Gasteiger partial charge in [-0.2, -0.15) is 0 Å². The van der Waals surface area contributed by atoms with Crippen LogP contribution in [0.3, 0.4) is 0 Å². The maximum atomic E-state index is 5.50. The predicted molar refractivity (Wildman–Crippen MR) is 218 cm³/mol. The first-order valence-corrected chi connectivity index (χ1v) is 17.9. The van der Waals surface area contributed by atoms with Crippen molar-refractivity contribution in [1.82, 2.24) is 14.1 Å². The van der Waals surface area contributed by atoms with E-state index in [4.69, 9.17) is 4.98 Å². The van der Waals surface area contributed by atoms with Crippen molar-refractivity contribution in [2.45, 2.75) is 0 Å². The van der Waals surface area contributed by atoms with Crippen molar-refractivity contribution in [2.24, 2.45) is 0 Å². The second kappa shape index (κ2) is 10.3. The summed E-state index contributed by atoms with van der Waals surface area (Å²) in [5.41, 5.74) is 13.1. The van der Waals surface area contributed by atoms with E-state index in [1.54, 1.807) is 0 Å². The molecule has 0 radical (unpaired) electrons. The minimum atomic E-state index is 0.935. The van der Waals surface area contributed by atoms with Crippen molar-refractivity contribution < 1.29 is 0 Å². The predicted octanol–water partition coefficient (Wildman–Crippen LogP) is 12.9. The van der Waals surface area contributed by atoms with Gasteiger partial charge in [-0.3, -0.25) is 4.57 Å². The summed E-state index contributed by atoms with van der Waals surface area (Å²) in [6.45, 7) is 0. The van der Waals surface area contributed by atoms with E-state index < -0.39 is 0 Å². The van der Waals surface area contributed by atoms with Crippen LogP contribution in [0.15, 0.2) is 176 Å². The molecule has 1 aliphatic rings. The molecule has 0 bridgehead atoms. The summed E-state index contributed by atoms with van der Waals surface area (Å²) in [7, 11) is 0. The molecule has 0 fully saturated rings. The zero-order valence-electron chi connectivity index (χ0n) is 28.1. The van der Waals surface area contributed by atoms with E-state index in [2.05, 4.69) is 185 Å². The Balaban J connectivity index is 1.17. The van der Waals surface area contributed by atoms with Crippen molar-refractivity contribution in [3.63, 3.8) is 0 Å². The van der Waals surface area contributed by atoms with Gasteiger partial charge in [0.1, 0.15) is 5.82 Å². The Kier molecular flexibility index (Phi) is 5.50. The summed E-state index contributed by atoms with van der Waals surface area (Å²) in [6, 6.07) is 64.1. The lowest BCUT2D eigenvalue weighted by Gasteiger charge is -2.13. The third kappa shape index (κ3) is 3.66. The average molecular weight is 660 g/mol. The molecule has 0 N–H and O–H groups in total. The summed E-state index contributed by atoms with van der Waals surface area (Å²) in [5, 5.41) is 9.92. The molecule has 3 nitrogen and oxygen atoms in total. The van der Waals surface area contributed by atoms with Crippen LogP contribution < -0.4 is 0 Å². The van der Waals surface area contributed by atoms with E-state index in [0.29, 0.717) is 0 Å². The van der Waals surface area contributed by atoms with Crippen LogP contribution in [0, 0.1) is 0 Å². The number of hydrogen-bond acceptors (Lipinski definition) is 1. The van der Waals surface area contributed by atoms with Crippen molar-refractivity contribution in [2.75, 3.05) is 0 Å². The van der Waals surface area contributed by atoms with Gasteiger partial charge in [0.05, 0.1) is 27.8 Å². The molecule has 0 saturated carbocycles. The Hall–Kier alpha value is -6.97. The maximum absolute atomic E-state index is 5.50. The molecule has 0 saturated heterocycles. The van der Waals surface area contributed by atoms with Crippen molar-refractivity contribution in [3.8, 4) is 45.0 Å². The molecule has 3 aromatic heterocycles. The highest BCUT2D eigenvalue weighted by Crippen LogP contribution is 2.48. The van der Waals surface area contributed by atoms with Crippen molar-refractivity contribution in [3.05, 3.63) is 176 Å². The topological polar surface area (TPSA) is 22.8 Å². The zero-order valence-corrected chi connectivity index (χ0v) is 28.1. The van der Waals surface area contributed by atoms with Crippen LogP contribution in [0.25, 0.3) is 110 Å². The van der Waals surface area contributed by atoms with E-state index in [1.807, 2.05) is 0 Å². The van der Waals surface area contributed by atoms with Gasteiger partial charge < -0.3 is 4.57 Å². The van der Waals surface area contributed by atoms with Crippen LogP contribution in [0.2, 0.25) is 0 Å². The van der Waals surface area contributed by atoms with E-state index >= 15 is 0 Å². The minimum Gasteiger partial charge on any atom is -0.309 e. The van der Waals surface area contributed by atoms with Crippen LogP contribution in [-0.2, 0) is 0 Å². The van der Waals surface area contributed by atoms with Gasteiger partial charge in [0.2, 0.25) is 0 Å². The van der Waals surface area contributed by atoms with E-state index in [0.717, 1.165) is 22.5 Å². The number of fused-ring (bicyclic) bond motifs is 11. The number of pyridine rings is 1. The summed E-state index contributed by atoms with van der Waals surface area (Å²) >= 11 is 0. The Morgan fingerprint density at radius 3 is 1.85 bits per heavy atom. The molecule has 0 atom stereocenters. The van der Waals surface area contributed by atoms with Gasteiger partial charge in [-0.1, -0.05) is 127 Å². The van der Waals surface area contributed by atoms with Gasteiger partial charge in [0.15, 0.2) is 0 Å². The fraction of sp³-hybridized carbons (Fsp3) is 0. The standard InChI is InChI=1S/C49H29N3/c1-2-14-32(15-3-1)51-42-23-10-8-18-35(42)41-27-30(25-26-44(41)51)40-29-45-48(37-19-6-4-17-34(37)40)39-21-9-11-24-43(39)52(45)46-28-31-13-12-22-36-33-16-5-7-20-38(33)49(50-46)47(31)36/h1-29H. The lowest BCUT2D eigenvalue weighted by Crippen LogP contribution is -1.99. The molecule has 11 aromatic rings. The number of para-hydroxylation sites is 3. The molecule has 12 rings (SSSR count). The van der Waals surface area contributed by atoms with Gasteiger partial charge in [-0.25, -0.2) is 4.98 Å². The molecule has 0 spiro atoms. The number of hydrogen-bond donors (Lipinski definition) is 0. The molecule has 3 heteroatoms. The monoisotopic (exact) mass is 659 g/mol. The minimum absolute atomic E-state index is 0.935. The molecule has 3 heterocycles. The summed E-state index contributed by atoms with van der Waals surface area (Å²) in [5.74, 6) is 0.935. The Labute approximate surface area is 299 Å². The van der Waals surface area contributed by atoms with Crippen molar-refractivity contribution >= 4 is 65.2 Å². The molecule has 240 valence electrons. The summed E-state index contributed by atoms with van der Waals surface area (Å²) in [6.07, 6.45) is 0. The molecule has 52 heavy (non-hydrogen) atoms. The normalized spacial score (nSPS) is 12.2. The zero-order chi connectivity index (χ0) is 33.9. The van der Waals surface area contributed by atoms with Gasteiger partial charge in [-0.05, 0) is 86.9 Å². The molecule has 0 amide bonds. The summed E-state index contributed by atoms with van der Waals surface area (Å²) in [4.78, 5) is 5.50. The van der Waals surface area contributed by atoms with E-state index in [9.17, 15) is 0 Å². The first-order chi connectivity index (χ1) is 25.8. The third-order valence-corrected chi connectivity index (χ3v) is 11.2. The lowest BCUT2D eigenvalue weighted by atomic mass is 9.94. The highest BCUT2D eigenvalue weighted by atomic mass is 15.1. The van der Waals surface area contributed by atoms with E-state index in [1.165, 1.54) is 87.6 Å². The summed E-state index contributed by atoms with van der Waals surface area (Å²) < 4.78 is 4.77. The van der Waals surface area contributed by atoms with Crippen LogP contribution in [0.1, 0.15) is 0 Å². The fourth-order valence-electron chi connectivity index (χ4n) is 9.07. The van der Waals surface area contributed by atoms with Crippen LogP contribution >= 0.6 is 0 Å². The van der Waals surface area contributed by atoms with Crippen LogP contribution in [-0.4, -0.2) is 14.1 Å². The van der Waals surface area contributed by atoms with Gasteiger partial charge >= 0.3 is 0 Å². The van der Waals surface area contributed by atoms with Gasteiger partial charge in [0, 0.05) is 38.2 Å². The van der Waals surface area contributed by atoms with Crippen LogP contribution in [0.4, 0.5) is 0 Å².